The number of H-pyrrole nitrogens is 1. The summed E-state index contributed by atoms with van der Waals surface area (Å²) in [6.45, 7) is 0. The Hall–Kier alpha value is -2.36. The van der Waals surface area contributed by atoms with Gasteiger partial charge in [0.25, 0.3) is 0 Å². The van der Waals surface area contributed by atoms with Crippen molar-refractivity contribution in [3.8, 4) is 11.3 Å². The van der Waals surface area contributed by atoms with E-state index in [2.05, 4.69) is 9.97 Å². The number of carbonyl (C=O) groups is 1. The monoisotopic (exact) mass is 214 g/mol. The van der Waals surface area contributed by atoms with E-state index in [1.165, 1.54) is 6.08 Å². The summed E-state index contributed by atoms with van der Waals surface area (Å²) < 4.78 is 0. The fourth-order valence-corrected chi connectivity index (χ4v) is 1.41. The van der Waals surface area contributed by atoms with Crippen molar-refractivity contribution in [3.63, 3.8) is 0 Å². The van der Waals surface area contributed by atoms with Crippen molar-refractivity contribution in [1.82, 2.24) is 9.97 Å². The lowest BCUT2D eigenvalue weighted by molar-refractivity contribution is -0.131. The van der Waals surface area contributed by atoms with E-state index in [1.54, 1.807) is 6.33 Å². The average molecular weight is 214 g/mol. The van der Waals surface area contributed by atoms with E-state index in [0.29, 0.717) is 5.69 Å². The first-order chi connectivity index (χ1) is 7.77. The minimum absolute atomic E-state index is 0.689. The van der Waals surface area contributed by atoms with Crippen LogP contribution in [0.15, 0.2) is 42.7 Å². The van der Waals surface area contributed by atoms with Crippen molar-refractivity contribution in [2.45, 2.75) is 0 Å². The zero-order valence-electron chi connectivity index (χ0n) is 8.42. The van der Waals surface area contributed by atoms with Gasteiger partial charge in [-0.05, 0) is 6.08 Å². The van der Waals surface area contributed by atoms with Gasteiger partial charge in [0.1, 0.15) is 0 Å². The van der Waals surface area contributed by atoms with Crippen molar-refractivity contribution >= 4 is 12.0 Å². The number of carboxylic acids is 1. The van der Waals surface area contributed by atoms with Crippen LogP contribution in [-0.4, -0.2) is 21.0 Å². The largest absolute Gasteiger partial charge is 0.478 e. The lowest BCUT2D eigenvalue weighted by Gasteiger charge is -1.97. The van der Waals surface area contributed by atoms with Gasteiger partial charge >= 0.3 is 5.97 Å². The number of carboxylic acid groups (broad SMARTS) is 1. The molecule has 2 aromatic rings. The van der Waals surface area contributed by atoms with Crippen molar-refractivity contribution in [2.24, 2.45) is 0 Å². The zero-order chi connectivity index (χ0) is 11.4. The van der Waals surface area contributed by atoms with Crippen LogP contribution in [0.3, 0.4) is 0 Å². The third-order valence-electron chi connectivity index (χ3n) is 2.11. The number of hydrogen-bond acceptors (Lipinski definition) is 2. The molecule has 0 aliphatic rings. The number of imidazole rings is 1. The number of aromatic amines is 1. The summed E-state index contributed by atoms with van der Waals surface area (Å²) in [4.78, 5) is 17.5. The van der Waals surface area contributed by atoms with Gasteiger partial charge in [-0.2, -0.15) is 0 Å². The second-order valence-corrected chi connectivity index (χ2v) is 3.20. The fourth-order valence-electron chi connectivity index (χ4n) is 1.41. The molecule has 0 spiro atoms. The van der Waals surface area contributed by atoms with Gasteiger partial charge in [0.15, 0.2) is 0 Å². The Morgan fingerprint density at radius 1 is 1.31 bits per heavy atom. The molecule has 1 heterocycles. The minimum atomic E-state index is -0.978. The number of aromatic nitrogens is 2. The summed E-state index contributed by atoms with van der Waals surface area (Å²) in [5, 5.41) is 8.55. The smallest absolute Gasteiger partial charge is 0.328 e. The van der Waals surface area contributed by atoms with E-state index in [4.69, 9.17) is 5.11 Å². The van der Waals surface area contributed by atoms with Gasteiger partial charge in [0, 0.05) is 11.6 Å². The first-order valence-electron chi connectivity index (χ1n) is 4.77. The number of hydrogen-bond donors (Lipinski definition) is 2. The van der Waals surface area contributed by atoms with Crippen molar-refractivity contribution in [3.05, 3.63) is 48.4 Å². The normalized spacial score (nSPS) is 10.8. The topological polar surface area (TPSA) is 66.0 Å². The Morgan fingerprint density at radius 3 is 2.75 bits per heavy atom. The van der Waals surface area contributed by atoms with Crippen LogP contribution >= 0.6 is 0 Å². The summed E-state index contributed by atoms with van der Waals surface area (Å²) in [6.07, 6.45) is 4.13. The molecule has 0 fully saturated rings. The summed E-state index contributed by atoms with van der Waals surface area (Å²) in [5.41, 5.74) is 2.39. The van der Waals surface area contributed by atoms with Crippen molar-refractivity contribution in [1.29, 1.82) is 0 Å². The van der Waals surface area contributed by atoms with E-state index in [-0.39, 0.29) is 0 Å². The van der Waals surface area contributed by atoms with Crippen molar-refractivity contribution < 1.29 is 9.90 Å². The maximum absolute atomic E-state index is 10.4. The van der Waals surface area contributed by atoms with Crippen LogP contribution in [-0.2, 0) is 4.79 Å². The Labute approximate surface area is 92.3 Å². The molecule has 16 heavy (non-hydrogen) atoms. The number of benzene rings is 1. The van der Waals surface area contributed by atoms with Gasteiger partial charge in [0.2, 0.25) is 0 Å². The molecule has 0 saturated heterocycles. The molecule has 1 aromatic carbocycles. The summed E-state index contributed by atoms with van der Waals surface area (Å²) in [7, 11) is 0. The molecule has 0 amide bonds. The minimum Gasteiger partial charge on any atom is -0.478 e. The summed E-state index contributed by atoms with van der Waals surface area (Å²) in [6, 6.07) is 9.59. The van der Waals surface area contributed by atoms with Crippen LogP contribution in [0.5, 0.6) is 0 Å². The molecule has 1 aromatic heterocycles. The highest BCUT2D eigenvalue weighted by molar-refractivity contribution is 5.86. The third-order valence-corrected chi connectivity index (χ3v) is 2.11. The summed E-state index contributed by atoms with van der Waals surface area (Å²) in [5.74, 6) is -0.978. The lowest BCUT2D eigenvalue weighted by atomic mass is 10.1. The van der Waals surface area contributed by atoms with Gasteiger partial charge in [0.05, 0.1) is 17.7 Å². The standard InChI is InChI=1S/C12H10N2O2/c15-11(16)7-6-10-12(14-8-13-10)9-4-2-1-3-5-9/h1-8H,(H,13,14)(H,15,16). The van der Waals surface area contributed by atoms with Crippen LogP contribution in [0.2, 0.25) is 0 Å². The highest BCUT2D eigenvalue weighted by Crippen LogP contribution is 2.20. The van der Waals surface area contributed by atoms with E-state index >= 15 is 0 Å². The van der Waals surface area contributed by atoms with Gasteiger partial charge in [-0.15, -0.1) is 0 Å². The summed E-state index contributed by atoms with van der Waals surface area (Å²) >= 11 is 0. The maximum Gasteiger partial charge on any atom is 0.328 e. The second-order valence-electron chi connectivity index (χ2n) is 3.20. The SMILES string of the molecule is O=C(O)C=Cc1[nH]cnc1-c1ccccc1. The highest BCUT2D eigenvalue weighted by atomic mass is 16.4. The molecular weight excluding hydrogens is 204 g/mol. The van der Waals surface area contributed by atoms with E-state index in [9.17, 15) is 4.79 Å². The molecule has 0 aliphatic carbocycles. The molecule has 0 saturated carbocycles. The van der Waals surface area contributed by atoms with E-state index < -0.39 is 5.97 Å². The Morgan fingerprint density at radius 2 is 2.06 bits per heavy atom. The number of rotatable bonds is 3. The maximum atomic E-state index is 10.4. The van der Waals surface area contributed by atoms with Crippen molar-refractivity contribution in [2.75, 3.05) is 0 Å². The van der Waals surface area contributed by atoms with Gasteiger partial charge in [-0.3, -0.25) is 0 Å². The fraction of sp³-hybridized carbons (Fsp3) is 0. The molecule has 0 bridgehead atoms. The average Bonchev–Trinajstić information content (AvgIpc) is 2.75. The molecular formula is C12H10N2O2. The highest BCUT2D eigenvalue weighted by Gasteiger charge is 2.04. The molecule has 0 radical (unpaired) electrons. The van der Waals surface area contributed by atoms with Crippen LogP contribution in [0, 0.1) is 0 Å². The Kier molecular flexibility index (Phi) is 2.82. The van der Waals surface area contributed by atoms with Gasteiger partial charge < -0.3 is 10.1 Å². The third kappa shape index (κ3) is 2.17. The lowest BCUT2D eigenvalue weighted by Crippen LogP contribution is -1.87. The first kappa shape index (κ1) is 10.2. The quantitative estimate of drug-likeness (QED) is 0.769. The number of aliphatic carboxylic acids is 1. The Balaban J connectivity index is 2.37. The zero-order valence-corrected chi connectivity index (χ0v) is 8.42. The predicted octanol–water partition coefficient (Wildman–Crippen LogP) is 2.17. The molecule has 0 aliphatic heterocycles. The number of nitrogens with zero attached hydrogens (tertiary/aromatic N) is 1. The van der Waals surface area contributed by atoms with E-state index in [0.717, 1.165) is 17.3 Å². The number of nitrogens with one attached hydrogen (secondary N) is 1. The van der Waals surface area contributed by atoms with Crippen LogP contribution in [0.1, 0.15) is 5.69 Å². The van der Waals surface area contributed by atoms with Crippen LogP contribution in [0.4, 0.5) is 0 Å². The van der Waals surface area contributed by atoms with Gasteiger partial charge in [-0.1, -0.05) is 30.3 Å². The molecule has 4 heteroatoms. The molecule has 2 N–H and O–H groups in total. The predicted molar refractivity (Wildman–Crippen MR) is 60.7 cm³/mol. The van der Waals surface area contributed by atoms with Crippen LogP contribution in [0.25, 0.3) is 17.3 Å². The van der Waals surface area contributed by atoms with E-state index in [1.807, 2.05) is 30.3 Å². The first-order valence-corrected chi connectivity index (χ1v) is 4.77. The van der Waals surface area contributed by atoms with Crippen LogP contribution < -0.4 is 0 Å². The van der Waals surface area contributed by atoms with Gasteiger partial charge in [-0.25, -0.2) is 9.78 Å². The molecule has 4 nitrogen and oxygen atoms in total. The molecule has 2 rings (SSSR count). The molecule has 0 unspecified atom stereocenters. The molecule has 80 valence electrons. The second kappa shape index (κ2) is 4.44. The molecule has 0 atom stereocenters. The Bertz CT molecular complexity index is 515.